The first-order chi connectivity index (χ1) is 11.2. The van der Waals surface area contributed by atoms with Crippen molar-refractivity contribution in [2.24, 2.45) is 0 Å². The van der Waals surface area contributed by atoms with E-state index in [2.05, 4.69) is 22.8 Å². The van der Waals surface area contributed by atoms with Crippen LogP contribution in [0.25, 0.3) is 0 Å². The van der Waals surface area contributed by atoms with Gasteiger partial charge >= 0.3 is 6.03 Å². The lowest BCUT2D eigenvalue weighted by molar-refractivity contribution is 0.247. The van der Waals surface area contributed by atoms with Gasteiger partial charge in [-0.3, -0.25) is 0 Å². The molecule has 0 fully saturated rings. The van der Waals surface area contributed by atoms with Crippen molar-refractivity contribution in [3.05, 3.63) is 59.4 Å². The second-order valence-electron chi connectivity index (χ2n) is 5.49. The van der Waals surface area contributed by atoms with E-state index in [4.69, 9.17) is 4.74 Å². The standard InChI is InChI=1S/C18H19FN2O2/c19-16-6-1-2-7-17(16)21-18(22)20-10-11-23-15-9-8-13-4-3-5-14(13)12-15/h1-2,6-9,12H,3-5,10-11H2,(H2,20,21,22). The summed E-state index contributed by atoms with van der Waals surface area (Å²) in [6.07, 6.45) is 3.46. The molecule has 0 radical (unpaired) electrons. The van der Waals surface area contributed by atoms with Gasteiger partial charge < -0.3 is 15.4 Å². The molecule has 1 aliphatic carbocycles. The lowest BCUT2D eigenvalue weighted by Gasteiger charge is -2.10. The Bertz CT molecular complexity index is 703. The lowest BCUT2D eigenvalue weighted by atomic mass is 10.1. The topological polar surface area (TPSA) is 50.4 Å². The first-order valence-corrected chi connectivity index (χ1v) is 7.76. The lowest BCUT2D eigenvalue weighted by Crippen LogP contribution is -2.32. The van der Waals surface area contributed by atoms with Crippen molar-refractivity contribution in [3.63, 3.8) is 0 Å². The van der Waals surface area contributed by atoms with Crippen LogP contribution in [-0.2, 0) is 12.8 Å². The highest BCUT2D eigenvalue weighted by atomic mass is 19.1. The Morgan fingerprint density at radius 2 is 1.96 bits per heavy atom. The summed E-state index contributed by atoms with van der Waals surface area (Å²) < 4.78 is 19.0. The average molecular weight is 314 g/mol. The van der Waals surface area contributed by atoms with Crippen LogP contribution in [0.2, 0.25) is 0 Å². The van der Waals surface area contributed by atoms with E-state index in [0.29, 0.717) is 13.2 Å². The minimum absolute atomic E-state index is 0.157. The number of para-hydroxylation sites is 1. The van der Waals surface area contributed by atoms with Crippen molar-refractivity contribution < 1.29 is 13.9 Å². The number of amides is 2. The summed E-state index contributed by atoms with van der Waals surface area (Å²) in [6.45, 7) is 0.709. The van der Waals surface area contributed by atoms with Gasteiger partial charge in [-0.15, -0.1) is 0 Å². The number of carbonyl (C=O) groups is 1. The van der Waals surface area contributed by atoms with Crippen LogP contribution in [0.3, 0.4) is 0 Å². The van der Waals surface area contributed by atoms with Crippen LogP contribution in [0.4, 0.5) is 14.9 Å². The molecule has 0 spiro atoms. The predicted molar refractivity (Wildman–Crippen MR) is 87.4 cm³/mol. The SMILES string of the molecule is O=C(NCCOc1ccc2c(c1)CCC2)Nc1ccccc1F. The molecular weight excluding hydrogens is 295 g/mol. The van der Waals surface area contributed by atoms with Crippen molar-refractivity contribution in [3.8, 4) is 5.75 Å². The molecule has 120 valence electrons. The Morgan fingerprint density at radius 3 is 2.83 bits per heavy atom. The van der Waals surface area contributed by atoms with Gasteiger partial charge in [0.1, 0.15) is 18.2 Å². The van der Waals surface area contributed by atoms with Crippen LogP contribution in [0, 0.1) is 5.82 Å². The fraction of sp³-hybridized carbons (Fsp3) is 0.278. The minimum atomic E-state index is -0.461. The third-order valence-corrected chi connectivity index (χ3v) is 3.85. The second kappa shape index (κ2) is 7.13. The molecule has 2 N–H and O–H groups in total. The highest BCUT2D eigenvalue weighted by Crippen LogP contribution is 2.25. The molecule has 2 aromatic rings. The molecule has 0 heterocycles. The predicted octanol–water partition coefficient (Wildman–Crippen LogP) is 3.51. The van der Waals surface area contributed by atoms with Crippen molar-refractivity contribution in [2.75, 3.05) is 18.5 Å². The Labute approximate surface area is 134 Å². The fourth-order valence-corrected chi connectivity index (χ4v) is 2.70. The monoisotopic (exact) mass is 314 g/mol. The quantitative estimate of drug-likeness (QED) is 0.830. The normalized spacial score (nSPS) is 12.6. The molecule has 0 unspecified atom stereocenters. The summed E-state index contributed by atoms with van der Waals surface area (Å²) in [5, 5.41) is 5.10. The largest absolute Gasteiger partial charge is 0.492 e. The van der Waals surface area contributed by atoms with Gasteiger partial charge in [0.05, 0.1) is 12.2 Å². The second-order valence-corrected chi connectivity index (χ2v) is 5.49. The van der Waals surface area contributed by atoms with E-state index in [1.54, 1.807) is 12.1 Å². The molecule has 2 amide bonds. The molecule has 3 rings (SSSR count). The molecule has 2 aromatic carbocycles. The van der Waals surface area contributed by atoms with E-state index >= 15 is 0 Å². The molecule has 0 aliphatic heterocycles. The number of urea groups is 1. The maximum Gasteiger partial charge on any atom is 0.319 e. The molecule has 0 aromatic heterocycles. The first-order valence-electron chi connectivity index (χ1n) is 7.76. The van der Waals surface area contributed by atoms with E-state index in [9.17, 15) is 9.18 Å². The van der Waals surface area contributed by atoms with Gasteiger partial charge in [-0.05, 0) is 54.7 Å². The molecule has 0 atom stereocenters. The van der Waals surface area contributed by atoms with E-state index in [1.165, 1.54) is 29.7 Å². The first kappa shape index (κ1) is 15.3. The number of halogens is 1. The summed E-state index contributed by atoms with van der Waals surface area (Å²) in [6, 6.07) is 11.7. The zero-order valence-electron chi connectivity index (χ0n) is 12.8. The molecule has 4 nitrogen and oxygen atoms in total. The van der Waals surface area contributed by atoms with Crippen molar-refractivity contribution in [2.45, 2.75) is 19.3 Å². The van der Waals surface area contributed by atoms with Crippen LogP contribution in [0.15, 0.2) is 42.5 Å². The van der Waals surface area contributed by atoms with Crippen LogP contribution in [-0.4, -0.2) is 19.2 Å². The van der Waals surface area contributed by atoms with Gasteiger partial charge in [0.25, 0.3) is 0 Å². The number of benzene rings is 2. The van der Waals surface area contributed by atoms with E-state index in [0.717, 1.165) is 18.6 Å². The van der Waals surface area contributed by atoms with Crippen LogP contribution < -0.4 is 15.4 Å². The van der Waals surface area contributed by atoms with E-state index in [1.807, 2.05) is 6.07 Å². The summed E-state index contributed by atoms with van der Waals surface area (Å²) in [5.74, 6) is 0.360. The molecule has 1 aliphatic rings. The maximum atomic E-state index is 13.4. The zero-order valence-corrected chi connectivity index (χ0v) is 12.8. The molecular formula is C18H19FN2O2. The van der Waals surface area contributed by atoms with Crippen molar-refractivity contribution in [1.29, 1.82) is 0 Å². The van der Waals surface area contributed by atoms with Gasteiger partial charge in [0, 0.05) is 0 Å². The number of aryl methyl sites for hydroxylation is 2. The molecule has 0 saturated carbocycles. The fourth-order valence-electron chi connectivity index (χ4n) is 2.70. The van der Waals surface area contributed by atoms with E-state index < -0.39 is 11.8 Å². The molecule has 23 heavy (non-hydrogen) atoms. The number of anilines is 1. The number of hydrogen-bond donors (Lipinski definition) is 2. The Kier molecular flexibility index (Phi) is 4.76. The van der Waals surface area contributed by atoms with Gasteiger partial charge in [-0.2, -0.15) is 0 Å². The number of fused-ring (bicyclic) bond motifs is 1. The van der Waals surface area contributed by atoms with Crippen molar-refractivity contribution in [1.82, 2.24) is 5.32 Å². The van der Waals surface area contributed by atoms with Gasteiger partial charge in [-0.1, -0.05) is 18.2 Å². The Morgan fingerprint density at radius 1 is 1.13 bits per heavy atom. The Hall–Kier alpha value is -2.56. The maximum absolute atomic E-state index is 13.4. The highest BCUT2D eigenvalue weighted by molar-refractivity contribution is 5.89. The number of carbonyl (C=O) groups excluding carboxylic acids is 1. The van der Waals surface area contributed by atoms with Crippen LogP contribution in [0.5, 0.6) is 5.75 Å². The van der Waals surface area contributed by atoms with E-state index in [-0.39, 0.29) is 5.69 Å². The number of ether oxygens (including phenoxy) is 1. The van der Waals surface area contributed by atoms with Crippen molar-refractivity contribution >= 4 is 11.7 Å². The third kappa shape index (κ3) is 4.00. The van der Waals surface area contributed by atoms with Gasteiger partial charge in [0.15, 0.2) is 0 Å². The minimum Gasteiger partial charge on any atom is -0.492 e. The number of nitrogens with one attached hydrogen (secondary N) is 2. The summed E-state index contributed by atoms with van der Waals surface area (Å²) in [7, 11) is 0. The molecule has 0 bridgehead atoms. The van der Waals surface area contributed by atoms with Gasteiger partial charge in [-0.25, -0.2) is 9.18 Å². The van der Waals surface area contributed by atoms with Crippen LogP contribution >= 0.6 is 0 Å². The smallest absolute Gasteiger partial charge is 0.319 e. The summed E-state index contributed by atoms with van der Waals surface area (Å²) in [5.41, 5.74) is 2.91. The highest BCUT2D eigenvalue weighted by Gasteiger charge is 2.11. The third-order valence-electron chi connectivity index (χ3n) is 3.85. The van der Waals surface area contributed by atoms with Gasteiger partial charge in [0.2, 0.25) is 0 Å². The number of rotatable bonds is 5. The summed E-state index contributed by atoms with van der Waals surface area (Å²) >= 11 is 0. The number of hydrogen-bond acceptors (Lipinski definition) is 2. The Balaban J connectivity index is 1.41. The molecule has 0 saturated heterocycles. The summed E-state index contributed by atoms with van der Waals surface area (Å²) in [4.78, 5) is 11.7. The average Bonchev–Trinajstić information content (AvgIpc) is 3.01. The van der Waals surface area contributed by atoms with Crippen LogP contribution in [0.1, 0.15) is 17.5 Å². The zero-order chi connectivity index (χ0) is 16.1. The molecule has 5 heteroatoms.